The van der Waals surface area contributed by atoms with Crippen LogP contribution in [-0.2, 0) is 0 Å². The zero-order valence-corrected chi connectivity index (χ0v) is 11.3. The highest BCUT2D eigenvalue weighted by atomic mass is 32.1. The van der Waals surface area contributed by atoms with Crippen molar-refractivity contribution in [2.75, 3.05) is 0 Å². The molecule has 0 saturated heterocycles. The number of thiol groups is 1. The number of hydrogen-bond acceptors (Lipinski definition) is 2. The summed E-state index contributed by atoms with van der Waals surface area (Å²) in [6.07, 6.45) is 1.81. The molecule has 0 saturated carbocycles. The molecule has 0 heterocycles. The van der Waals surface area contributed by atoms with E-state index in [-0.39, 0.29) is 11.1 Å². The van der Waals surface area contributed by atoms with Crippen molar-refractivity contribution in [3.63, 3.8) is 0 Å². The van der Waals surface area contributed by atoms with Crippen LogP contribution in [0.15, 0.2) is 23.1 Å². The van der Waals surface area contributed by atoms with Crippen LogP contribution in [0.2, 0.25) is 0 Å². The Hall–Kier alpha value is -1.03. The van der Waals surface area contributed by atoms with Crippen molar-refractivity contribution in [1.29, 1.82) is 0 Å². The van der Waals surface area contributed by atoms with Crippen LogP contribution in [0.25, 0.3) is 0 Å². The van der Waals surface area contributed by atoms with Gasteiger partial charge in [-0.15, -0.1) is 12.6 Å². The van der Waals surface area contributed by atoms with E-state index in [1.54, 1.807) is 0 Å². The summed E-state index contributed by atoms with van der Waals surface area (Å²) >= 11 is 4.10. The van der Waals surface area contributed by atoms with Gasteiger partial charge < -0.3 is 5.32 Å². The van der Waals surface area contributed by atoms with Gasteiger partial charge in [0.1, 0.15) is 5.82 Å². The van der Waals surface area contributed by atoms with Gasteiger partial charge in [0.25, 0.3) is 5.91 Å². The first-order valence-electron chi connectivity index (χ1n) is 5.67. The van der Waals surface area contributed by atoms with Crippen molar-refractivity contribution in [3.05, 3.63) is 29.6 Å². The van der Waals surface area contributed by atoms with Crippen LogP contribution < -0.4 is 5.32 Å². The molecule has 0 aliphatic heterocycles. The van der Waals surface area contributed by atoms with E-state index < -0.39 is 11.7 Å². The Balaban J connectivity index is 2.86. The predicted octanol–water partition coefficient (Wildman–Crippen LogP) is 3.42. The van der Waals surface area contributed by atoms with Gasteiger partial charge in [0.15, 0.2) is 0 Å². The molecule has 17 heavy (non-hydrogen) atoms. The van der Waals surface area contributed by atoms with E-state index in [0.717, 1.165) is 12.8 Å². The van der Waals surface area contributed by atoms with Crippen LogP contribution in [0.1, 0.15) is 44.0 Å². The zero-order valence-electron chi connectivity index (χ0n) is 10.4. The first-order chi connectivity index (χ1) is 7.85. The van der Waals surface area contributed by atoms with Crippen LogP contribution in [0.3, 0.4) is 0 Å². The lowest BCUT2D eigenvalue weighted by atomic mass is 9.98. The van der Waals surface area contributed by atoms with E-state index in [0.29, 0.717) is 4.90 Å². The molecule has 0 aromatic heterocycles. The molecule has 1 amide bonds. The molecule has 0 aliphatic rings. The maximum absolute atomic E-state index is 13.5. The number of carbonyl (C=O) groups is 1. The summed E-state index contributed by atoms with van der Waals surface area (Å²) in [5.74, 6) is -0.913. The Labute approximate surface area is 107 Å². The lowest BCUT2D eigenvalue weighted by Gasteiger charge is -2.25. The Kier molecular flexibility index (Phi) is 4.57. The van der Waals surface area contributed by atoms with E-state index in [2.05, 4.69) is 17.9 Å². The van der Waals surface area contributed by atoms with Gasteiger partial charge in [-0.3, -0.25) is 4.79 Å². The molecule has 0 fully saturated rings. The molecule has 0 unspecified atom stereocenters. The third-order valence-electron chi connectivity index (χ3n) is 2.52. The van der Waals surface area contributed by atoms with Crippen molar-refractivity contribution in [3.8, 4) is 0 Å². The van der Waals surface area contributed by atoms with Crippen molar-refractivity contribution in [2.24, 2.45) is 0 Å². The van der Waals surface area contributed by atoms with Gasteiger partial charge in [-0.1, -0.05) is 13.3 Å². The van der Waals surface area contributed by atoms with Crippen LogP contribution >= 0.6 is 12.6 Å². The van der Waals surface area contributed by atoms with E-state index in [1.165, 1.54) is 18.2 Å². The molecule has 0 spiro atoms. The molecular formula is C13H18FNOS. The first-order valence-corrected chi connectivity index (χ1v) is 6.11. The second-order valence-electron chi connectivity index (χ2n) is 4.75. The van der Waals surface area contributed by atoms with E-state index in [4.69, 9.17) is 0 Å². The minimum Gasteiger partial charge on any atom is -0.347 e. The average molecular weight is 255 g/mol. The fourth-order valence-electron chi connectivity index (χ4n) is 1.75. The van der Waals surface area contributed by atoms with Crippen LogP contribution in [0.5, 0.6) is 0 Å². The van der Waals surface area contributed by atoms with Gasteiger partial charge in [-0.05, 0) is 38.5 Å². The average Bonchev–Trinajstić information content (AvgIpc) is 2.20. The maximum atomic E-state index is 13.5. The number of amides is 1. The summed E-state index contributed by atoms with van der Waals surface area (Å²) < 4.78 is 13.5. The maximum Gasteiger partial charge on any atom is 0.254 e. The van der Waals surface area contributed by atoms with Crippen LogP contribution in [0, 0.1) is 5.82 Å². The molecule has 0 radical (unpaired) electrons. The minimum absolute atomic E-state index is 0.0432. The molecular weight excluding hydrogens is 237 g/mol. The highest BCUT2D eigenvalue weighted by molar-refractivity contribution is 7.80. The standard InChI is InChI=1S/C13H18FNOS/c1-4-7-13(2,3)15-12(16)10-8-9(17)5-6-11(10)14/h5-6,8,17H,4,7H2,1-3H3,(H,15,16). The molecule has 94 valence electrons. The Morgan fingerprint density at radius 3 is 2.71 bits per heavy atom. The Morgan fingerprint density at radius 1 is 1.47 bits per heavy atom. The smallest absolute Gasteiger partial charge is 0.254 e. The molecule has 0 bridgehead atoms. The van der Waals surface area contributed by atoms with Gasteiger partial charge >= 0.3 is 0 Å². The highest BCUT2D eigenvalue weighted by Gasteiger charge is 2.21. The summed E-state index contributed by atoms with van der Waals surface area (Å²) in [5, 5.41) is 2.83. The molecule has 2 nitrogen and oxygen atoms in total. The van der Waals surface area contributed by atoms with Gasteiger partial charge in [0, 0.05) is 10.4 Å². The molecule has 1 N–H and O–H groups in total. The fraction of sp³-hybridized carbons (Fsp3) is 0.462. The zero-order chi connectivity index (χ0) is 13.1. The number of hydrogen-bond donors (Lipinski definition) is 2. The normalized spacial score (nSPS) is 11.4. The van der Waals surface area contributed by atoms with E-state index in [1.807, 2.05) is 20.8 Å². The van der Waals surface area contributed by atoms with Gasteiger partial charge in [0.05, 0.1) is 5.56 Å². The molecule has 0 aliphatic carbocycles. The minimum atomic E-state index is -0.521. The largest absolute Gasteiger partial charge is 0.347 e. The quantitative estimate of drug-likeness (QED) is 0.793. The Bertz CT molecular complexity index is 418. The van der Waals surface area contributed by atoms with Crippen molar-refractivity contribution >= 4 is 18.5 Å². The molecule has 1 aromatic rings. The Morgan fingerprint density at radius 2 is 2.12 bits per heavy atom. The SMILES string of the molecule is CCCC(C)(C)NC(=O)c1cc(S)ccc1F. The van der Waals surface area contributed by atoms with Crippen LogP contribution in [0.4, 0.5) is 4.39 Å². The number of rotatable bonds is 4. The van der Waals surface area contributed by atoms with Crippen molar-refractivity contribution in [2.45, 2.75) is 44.0 Å². The number of halogens is 1. The summed E-state index contributed by atoms with van der Waals surface area (Å²) in [7, 11) is 0. The summed E-state index contributed by atoms with van der Waals surface area (Å²) in [5.41, 5.74) is -0.285. The first kappa shape index (κ1) is 14.0. The van der Waals surface area contributed by atoms with Crippen molar-refractivity contribution < 1.29 is 9.18 Å². The molecule has 1 rings (SSSR count). The lowest BCUT2D eigenvalue weighted by Crippen LogP contribution is -2.43. The third-order valence-corrected chi connectivity index (χ3v) is 2.80. The van der Waals surface area contributed by atoms with Crippen molar-refractivity contribution in [1.82, 2.24) is 5.32 Å². The second kappa shape index (κ2) is 5.54. The fourth-order valence-corrected chi connectivity index (χ4v) is 1.95. The monoisotopic (exact) mass is 255 g/mol. The molecule has 0 atom stereocenters. The highest BCUT2D eigenvalue weighted by Crippen LogP contribution is 2.16. The molecule has 4 heteroatoms. The predicted molar refractivity (Wildman–Crippen MR) is 70.1 cm³/mol. The number of benzene rings is 1. The second-order valence-corrected chi connectivity index (χ2v) is 5.27. The number of nitrogens with one attached hydrogen (secondary N) is 1. The third kappa shape index (κ3) is 4.04. The van der Waals surface area contributed by atoms with Crippen LogP contribution in [-0.4, -0.2) is 11.4 Å². The summed E-state index contributed by atoms with van der Waals surface area (Å²) in [4.78, 5) is 12.5. The summed E-state index contributed by atoms with van der Waals surface area (Å²) in [6.45, 7) is 5.90. The summed E-state index contributed by atoms with van der Waals surface area (Å²) in [6, 6.07) is 4.21. The topological polar surface area (TPSA) is 29.1 Å². The van der Waals surface area contributed by atoms with Gasteiger partial charge in [0.2, 0.25) is 0 Å². The van der Waals surface area contributed by atoms with E-state index >= 15 is 0 Å². The number of carbonyl (C=O) groups excluding carboxylic acids is 1. The lowest BCUT2D eigenvalue weighted by molar-refractivity contribution is 0.0904. The molecule has 1 aromatic carbocycles. The van der Waals surface area contributed by atoms with E-state index in [9.17, 15) is 9.18 Å². The van der Waals surface area contributed by atoms with Gasteiger partial charge in [-0.2, -0.15) is 0 Å². The van der Waals surface area contributed by atoms with Gasteiger partial charge in [-0.25, -0.2) is 4.39 Å².